The Kier molecular flexibility index (Phi) is 2.58. The molecule has 60 valence electrons. The van der Waals surface area contributed by atoms with Crippen LogP contribution in [0.25, 0.3) is 0 Å². The molecule has 11 heavy (non-hydrogen) atoms. The lowest BCUT2D eigenvalue weighted by molar-refractivity contribution is 0.571. The van der Waals surface area contributed by atoms with Crippen molar-refractivity contribution in [3.05, 3.63) is 29.8 Å². The van der Waals surface area contributed by atoms with Gasteiger partial charge in [-0.2, -0.15) is 0 Å². The Hall–Kier alpha value is -0.920. The van der Waals surface area contributed by atoms with Gasteiger partial charge in [0.05, 0.1) is 0 Å². The Bertz CT molecular complexity index is 233. The van der Waals surface area contributed by atoms with Crippen LogP contribution < -0.4 is 0 Å². The molecule has 2 heteroatoms. The third-order valence-electron chi connectivity index (χ3n) is 1.47. The molecule has 0 atom stereocenters. The second-order valence-electron chi connectivity index (χ2n) is 3.07. The van der Waals surface area contributed by atoms with E-state index in [-0.39, 0.29) is 5.82 Å². The van der Waals surface area contributed by atoms with Gasteiger partial charge in [-0.1, -0.05) is 13.8 Å². The minimum atomic E-state index is -0.145. The van der Waals surface area contributed by atoms with E-state index in [2.05, 4.69) is 18.8 Å². The van der Waals surface area contributed by atoms with E-state index in [0.717, 1.165) is 6.42 Å². The maximum absolute atomic E-state index is 12.9. The van der Waals surface area contributed by atoms with E-state index in [1.54, 1.807) is 6.20 Å². The molecule has 0 spiro atoms. The van der Waals surface area contributed by atoms with Gasteiger partial charge in [0, 0.05) is 18.0 Å². The van der Waals surface area contributed by atoms with Crippen LogP contribution in [-0.2, 0) is 6.42 Å². The number of pyridine rings is 1. The van der Waals surface area contributed by atoms with Crippen molar-refractivity contribution >= 4 is 0 Å². The minimum absolute atomic E-state index is 0.145. The Labute approximate surface area is 66.3 Å². The molecule has 0 aliphatic carbocycles. The molecule has 0 radical (unpaired) electrons. The van der Waals surface area contributed by atoms with Crippen LogP contribution in [0, 0.1) is 11.7 Å². The normalized spacial score (nSPS) is 10.5. The summed E-state index contributed by atoms with van der Waals surface area (Å²) in [7, 11) is 0. The summed E-state index contributed by atoms with van der Waals surface area (Å²) in [6.45, 7) is 4.12. The van der Waals surface area contributed by atoms with Crippen molar-refractivity contribution in [2.75, 3.05) is 0 Å². The van der Waals surface area contributed by atoms with E-state index >= 15 is 0 Å². The molecule has 0 fully saturated rings. The van der Waals surface area contributed by atoms with Gasteiger partial charge >= 0.3 is 0 Å². The summed E-state index contributed by atoms with van der Waals surface area (Å²) in [5, 5.41) is 0. The van der Waals surface area contributed by atoms with Gasteiger partial charge in [-0.3, -0.25) is 4.98 Å². The van der Waals surface area contributed by atoms with Gasteiger partial charge in [0.2, 0.25) is 0 Å². The molecule has 0 aromatic carbocycles. The average molecular weight is 152 g/mol. The SMILES string of the molecule is CC(C)Cc1cnccc1[18F]. The molecule has 0 amide bonds. The van der Waals surface area contributed by atoms with Crippen molar-refractivity contribution in [1.82, 2.24) is 4.98 Å². The Morgan fingerprint density at radius 2 is 2.27 bits per heavy atom. The zero-order valence-corrected chi connectivity index (χ0v) is 6.84. The number of nitrogens with zero attached hydrogens (tertiary/aromatic N) is 1. The molecule has 1 heterocycles. The van der Waals surface area contributed by atoms with Crippen molar-refractivity contribution < 1.29 is 4.39 Å². The summed E-state index contributed by atoms with van der Waals surface area (Å²) < 4.78 is 12.9. The number of halogens is 1. The summed E-state index contributed by atoms with van der Waals surface area (Å²) in [6.07, 6.45) is 3.83. The largest absolute Gasteiger partial charge is 0.264 e. The lowest BCUT2D eigenvalue weighted by atomic mass is 10.0. The smallest absolute Gasteiger partial charge is 0.129 e. The van der Waals surface area contributed by atoms with E-state index in [4.69, 9.17) is 0 Å². The van der Waals surface area contributed by atoms with Gasteiger partial charge in [-0.25, -0.2) is 4.39 Å². The predicted octanol–water partition coefficient (Wildman–Crippen LogP) is 2.42. The van der Waals surface area contributed by atoms with Crippen molar-refractivity contribution in [1.29, 1.82) is 0 Å². The molecule has 0 saturated carbocycles. The zero-order valence-electron chi connectivity index (χ0n) is 6.84. The first-order chi connectivity index (χ1) is 5.20. The van der Waals surface area contributed by atoms with Crippen molar-refractivity contribution in [2.24, 2.45) is 5.92 Å². The first-order valence-electron chi connectivity index (χ1n) is 3.78. The third kappa shape index (κ3) is 2.30. The van der Waals surface area contributed by atoms with Crippen LogP contribution in [0.1, 0.15) is 19.4 Å². The molecule has 0 aliphatic heterocycles. The fourth-order valence-corrected chi connectivity index (χ4v) is 1.00. The van der Waals surface area contributed by atoms with Gasteiger partial charge in [-0.05, 0) is 18.4 Å². The third-order valence-corrected chi connectivity index (χ3v) is 1.47. The molecule has 0 bridgehead atoms. The van der Waals surface area contributed by atoms with Crippen molar-refractivity contribution in [3.8, 4) is 0 Å². The molecular formula is C9H12FN. The van der Waals surface area contributed by atoms with Crippen LogP contribution >= 0.6 is 0 Å². The predicted molar refractivity (Wildman–Crippen MR) is 42.7 cm³/mol. The topological polar surface area (TPSA) is 12.9 Å². The standard InChI is InChI=1S/C9H12FN/c1-7(2)5-8-6-11-4-3-9(8)10/h3-4,6-7H,5H2,1-2H3/i10-1. The summed E-state index contributed by atoms with van der Waals surface area (Å²) in [5.74, 6) is 0.336. The minimum Gasteiger partial charge on any atom is -0.264 e. The van der Waals surface area contributed by atoms with E-state index in [1.165, 1.54) is 12.3 Å². The first kappa shape index (κ1) is 8.18. The fourth-order valence-electron chi connectivity index (χ4n) is 1.00. The molecule has 1 nitrogen and oxygen atoms in total. The lowest BCUT2D eigenvalue weighted by Gasteiger charge is -2.04. The van der Waals surface area contributed by atoms with Crippen LogP contribution in [0.4, 0.5) is 4.39 Å². The number of hydrogen-bond donors (Lipinski definition) is 0. The highest BCUT2D eigenvalue weighted by molar-refractivity contribution is 5.11. The summed E-state index contributed by atoms with van der Waals surface area (Å²) in [4.78, 5) is 3.86. The fraction of sp³-hybridized carbons (Fsp3) is 0.444. The monoisotopic (exact) mass is 152 g/mol. The van der Waals surface area contributed by atoms with Crippen LogP contribution in [0.15, 0.2) is 18.5 Å². The summed E-state index contributed by atoms with van der Waals surface area (Å²) >= 11 is 0. The van der Waals surface area contributed by atoms with Gasteiger partial charge in [0.25, 0.3) is 0 Å². The van der Waals surface area contributed by atoms with Crippen LogP contribution in [-0.4, -0.2) is 4.98 Å². The lowest BCUT2D eigenvalue weighted by Crippen LogP contribution is -1.97. The molecule has 0 N–H and O–H groups in total. The number of rotatable bonds is 2. The summed E-state index contributed by atoms with van der Waals surface area (Å²) in [6, 6.07) is 1.40. The van der Waals surface area contributed by atoms with Crippen molar-refractivity contribution in [2.45, 2.75) is 20.3 Å². The highest BCUT2D eigenvalue weighted by atomic mass is 18.2. The Morgan fingerprint density at radius 1 is 1.55 bits per heavy atom. The van der Waals surface area contributed by atoms with Crippen molar-refractivity contribution in [3.63, 3.8) is 0 Å². The van der Waals surface area contributed by atoms with Crippen LogP contribution in [0.3, 0.4) is 0 Å². The van der Waals surface area contributed by atoms with Gasteiger partial charge < -0.3 is 0 Å². The quantitative estimate of drug-likeness (QED) is 0.634. The van der Waals surface area contributed by atoms with E-state index in [0.29, 0.717) is 11.5 Å². The number of aromatic nitrogens is 1. The molecule has 0 saturated heterocycles. The maximum atomic E-state index is 12.9. The highest BCUT2D eigenvalue weighted by Gasteiger charge is 2.02. The first-order valence-corrected chi connectivity index (χ1v) is 3.78. The second kappa shape index (κ2) is 3.46. The van der Waals surface area contributed by atoms with Crippen LogP contribution in [0.5, 0.6) is 0 Å². The molecule has 1 rings (SSSR count). The van der Waals surface area contributed by atoms with Gasteiger partial charge in [0.1, 0.15) is 5.82 Å². The average Bonchev–Trinajstić information content (AvgIpc) is 1.93. The van der Waals surface area contributed by atoms with Crippen LogP contribution in [0.2, 0.25) is 0 Å². The van der Waals surface area contributed by atoms with Gasteiger partial charge in [0.15, 0.2) is 0 Å². The highest BCUT2D eigenvalue weighted by Crippen LogP contribution is 2.09. The summed E-state index contributed by atoms with van der Waals surface area (Å²) in [5.41, 5.74) is 0.711. The molecule has 0 unspecified atom stereocenters. The molecule has 0 aliphatic rings. The maximum Gasteiger partial charge on any atom is 0.129 e. The second-order valence-corrected chi connectivity index (χ2v) is 3.07. The molecular weight excluding hydrogens is 140 g/mol. The Balaban J connectivity index is 2.78. The van der Waals surface area contributed by atoms with Gasteiger partial charge in [-0.15, -0.1) is 0 Å². The zero-order chi connectivity index (χ0) is 8.27. The molecule has 1 aromatic rings. The Morgan fingerprint density at radius 3 is 2.82 bits per heavy atom. The number of hydrogen-bond acceptors (Lipinski definition) is 1. The van der Waals surface area contributed by atoms with E-state index in [1.807, 2.05) is 0 Å². The molecule has 1 aromatic heterocycles. The van der Waals surface area contributed by atoms with E-state index in [9.17, 15) is 4.39 Å². The van der Waals surface area contributed by atoms with E-state index < -0.39 is 0 Å².